The first-order chi connectivity index (χ1) is 20.5. The summed E-state index contributed by atoms with van der Waals surface area (Å²) in [6, 6.07) is 13.5. The maximum atomic E-state index is 13.7. The molecule has 1 fully saturated rings. The molecule has 0 unspecified atom stereocenters. The molecule has 1 saturated carbocycles. The zero-order valence-electron chi connectivity index (χ0n) is 23.6. The number of fused-ring (bicyclic) bond motifs is 1. The molecule has 0 radical (unpaired) electrons. The fourth-order valence-corrected chi connectivity index (χ4v) is 7.44. The van der Waals surface area contributed by atoms with Crippen molar-refractivity contribution in [2.24, 2.45) is 0 Å². The predicted octanol–water partition coefficient (Wildman–Crippen LogP) is 6.70. The Balaban J connectivity index is 1.48. The van der Waals surface area contributed by atoms with Crippen molar-refractivity contribution in [3.05, 3.63) is 100 Å². The van der Waals surface area contributed by atoms with E-state index in [4.69, 9.17) is 21.1 Å². The van der Waals surface area contributed by atoms with Gasteiger partial charge in [0.25, 0.3) is 5.91 Å². The van der Waals surface area contributed by atoms with Crippen molar-refractivity contribution in [1.29, 1.82) is 0 Å². The number of amides is 1. The van der Waals surface area contributed by atoms with Crippen molar-refractivity contribution < 1.29 is 31.5 Å². The lowest BCUT2D eigenvalue weighted by Gasteiger charge is -2.17. The molecule has 226 valence electrons. The van der Waals surface area contributed by atoms with Gasteiger partial charge in [0, 0.05) is 28.4 Å². The molecule has 0 atom stereocenters. The van der Waals surface area contributed by atoms with Crippen LogP contribution in [-0.2, 0) is 23.2 Å². The summed E-state index contributed by atoms with van der Waals surface area (Å²) in [6.45, 7) is 3.74. The predicted molar refractivity (Wildman–Crippen MR) is 160 cm³/mol. The van der Waals surface area contributed by atoms with Crippen LogP contribution >= 0.6 is 11.6 Å². The van der Waals surface area contributed by atoms with Crippen LogP contribution in [0.25, 0.3) is 10.9 Å². The molecule has 0 aliphatic heterocycles. The van der Waals surface area contributed by atoms with E-state index in [2.05, 4.69) is 16.9 Å². The molecule has 4 aromatic rings. The molecule has 2 aromatic carbocycles. The van der Waals surface area contributed by atoms with Crippen LogP contribution in [0.15, 0.2) is 67.4 Å². The van der Waals surface area contributed by atoms with Crippen molar-refractivity contribution in [3.8, 4) is 11.6 Å². The first kappa shape index (κ1) is 30.5. The lowest BCUT2D eigenvalue weighted by molar-refractivity contribution is -0.0507. The molecule has 2 aromatic heterocycles. The van der Waals surface area contributed by atoms with Crippen LogP contribution < -0.4 is 14.8 Å². The Morgan fingerprint density at radius 3 is 2.58 bits per heavy atom. The zero-order valence-corrected chi connectivity index (χ0v) is 25.1. The van der Waals surface area contributed by atoms with E-state index in [-0.39, 0.29) is 46.4 Å². The average Bonchev–Trinajstić information content (AvgIpc) is 3.67. The van der Waals surface area contributed by atoms with E-state index in [1.54, 1.807) is 19.9 Å². The molecular formula is C31H30ClF2N3O5S. The fraction of sp³-hybridized carbons (Fsp3) is 0.290. The number of rotatable bonds is 12. The molecule has 5 rings (SSSR count). The SMILES string of the molecule is C=CCC1(S(=O)(=O)n2cc(C)c3c(C(=O)NCc4c(OC(F)F)cc(C)nc4OCc4ccccc4)cc(Cl)cc32)CC1. The van der Waals surface area contributed by atoms with Gasteiger partial charge in [0.15, 0.2) is 0 Å². The van der Waals surface area contributed by atoms with E-state index in [1.807, 2.05) is 30.3 Å². The number of nitrogens with one attached hydrogen (secondary N) is 1. The van der Waals surface area contributed by atoms with E-state index in [0.717, 1.165) is 5.56 Å². The van der Waals surface area contributed by atoms with Crippen LogP contribution in [-0.4, -0.2) is 34.6 Å². The first-order valence-electron chi connectivity index (χ1n) is 13.5. The third kappa shape index (κ3) is 6.09. The third-order valence-corrected chi connectivity index (χ3v) is 10.1. The van der Waals surface area contributed by atoms with Crippen LogP contribution in [0, 0.1) is 13.8 Å². The molecule has 1 N–H and O–H groups in total. The fourth-order valence-electron chi connectivity index (χ4n) is 5.16. The second-order valence-electron chi connectivity index (χ2n) is 10.5. The Kier molecular flexibility index (Phi) is 8.49. The van der Waals surface area contributed by atoms with Gasteiger partial charge in [0.05, 0.1) is 27.9 Å². The van der Waals surface area contributed by atoms with E-state index < -0.39 is 27.3 Å². The van der Waals surface area contributed by atoms with Crippen LogP contribution in [0.3, 0.4) is 0 Å². The minimum absolute atomic E-state index is 0.0291. The highest BCUT2D eigenvalue weighted by atomic mass is 35.5. The lowest BCUT2D eigenvalue weighted by Crippen LogP contribution is -2.28. The number of aryl methyl sites for hydroxylation is 2. The number of ether oxygens (including phenoxy) is 2. The van der Waals surface area contributed by atoms with Crippen LogP contribution in [0.1, 0.15) is 52.0 Å². The van der Waals surface area contributed by atoms with Crippen molar-refractivity contribution in [2.45, 2.75) is 57.6 Å². The Morgan fingerprint density at radius 2 is 1.93 bits per heavy atom. The minimum Gasteiger partial charge on any atom is -0.472 e. The summed E-state index contributed by atoms with van der Waals surface area (Å²) in [4.78, 5) is 18.0. The van der Waals surface area contributed by atoms with Gasteiger partial charge in [-0.2, -0.15) is 8.78 Å². The van der Waals surface area contributed by atoms with E-state index >= 15 is 0 Å². The summed E-state index contributed by atoms with van der Waals surface area (Å²) in [5.41, 5.74) is 2.29. The van der Waals surface area contributed by atoms with E-state index in [0.29, 0.717) is 35.9 Å². The summed E-state index contributed by atoms with van der Waals surface area (Å²) in [5, 5.41) is 3.30. The molecular weight excluding hydrogens is 600 g/mol. The Bertz CT molecular complexity index is 1810. The molecule has 1 aliphatic carbocycles. The van der Waals surface area contributed by atoms with Gasteiger partial charge in [-0.25, -0.2) is 17.4 Å². The summed E-state index contributed by atoms with van der Waals surface area (Å²) in [7, 11) is -3.82. The molecule has 0 bridgehead atoms. The van der Waals surface area contributed by atoms with Gasteiger partial charge in [0.2, 0.25) is 15.9 Å². The number of nitrogens with zero attached hydrogens (tertiary/aromatic N) is 2. The highest BCUT2D eigenvalue weighted by Crippen LogP contribution is 2.49. The molecule has 2 heterocycles. The molecule has 1 aliphatic rings. The van der Waals surface area contributed by atoms with Crippen LogP contribution in [0.4, 0.5) is 8.78 Å². The van der Waals surface area contributed by atoms with Gasteiger partial charge in [-0.1, -0.05) is 48.0 Å². The average molecular weight is 630 g/mol. The van der Waals surface area contributed by atoms with Gasteiger partial charge in [0.1, 0.15) is 12.4 Å². The summed E-state index contributed by atoms with van der Waals surface area (Å²) >= 11 is 6.39. The normalized spacial score (nSPS) is 14.1. The second kappa shape index (κ2) is 12.0. The number of allylic oxidation sites excluding steroid dienone is 1. The summed E-state index contributed by atoms with van der Waals surface area (Å²) in [5.74, 6) is -0.760. The summed E-state index contributed by atoms with van der Waals surface area (Å²) < 4.78 is 64.9. The Labute approximate surface area is 253 Å². The van der Waals surface area contributed by atoms with Crippen molar-refractivity contribution >= 4 is 38.4 Å². The standard InChI is InChI=1S/C31H30ClF2N3O5S/c1-4-10-31(11-12-31)43(39,40)37-17-19(2)27-23(14-22(32)15-25(27)37)28(38)35-16-24-26(42-30(33)34)13-20(3)36-29(24)41-18-21-8-6-5-7-9-21/h4-9,13-15,17,30H,1,10-12,16,18H2,2-3H3,(H,35,38). The number of alkyl halides is 2. The van der Waals surface area contributed by atoms with Gasteiger partial charge in [-0.15, -0.1) is 6.58 Å². The number of halogens is 3. The van der Waals surface area contributed by atoms with Gasteiger partial charge in [-0.05, 0) is 56.4 Å². The molecule has 0 spiro atoms. The lowest BCUT2D eigenvalue weighted by atomic mass is 10.1. The maximum absolute atomic E-state index is 13.7. The Morgan fingerprint density at radius 1 is 1.21 bits per heavy atom. The number of carbonyl (C=O) groups is 1. The molecule has 43 heavy (non-hydrogen) atoms. The topological polar surface area (TPSA) is 99.5 Å². The molecule has 0 saturated heterocycles. The largest absolute Gasteiger partial charge is 0.472 e. The third-order valence-electron chi connectivity index (χ3n) is 7.43. The van der Waals surface area contributed by atoms with Gasteiger partial charge < -0.3 is 14.8 Å². The van der Waals surface area contributed by atoms with E-state index in [9.17, 15) is 22.0 Å². The number of carbonyl (C=O) groups excluding carboxylic acids is 1. The number of benzene rings is 2. The number of aromatic nitrogens is 2. The van der Waals surface area contributed by atoms with Crippen LogP contribution in [0.2, 0.25) is 5.02 Å². The molecule has 12 heteroatoms. The number of hydrogen-bond acceptors (Lipinski definition) is 6. The van der Waals surface area contributed by atoms with Crippen LogP contribution in [0.5, 0.6) is 11.6 Å². The van der Waals surface area contributed by atoms with Crippen molar-refractivity contribution in [2.75, 3.05) is 0 Å². The van der Waals surface area contributed by atoms with Crippen molar-refractivity contribution in [1.82, 2.24) is 14.3 Å². The highest BCUT2D eigenvalue weighted by molar-refractivity contribution is 7.91. The number of hydrogen-bond donors (Lipinski definition) is 1. The smallest absolute Gasteiger partial charge is 0.387 e. The summed E-state index contributed by atoms with van der Waals surface area (Å²) in [6.07, 6.45) is 4.42. The number of pyridine rings is 1. The molecule has 8 nitrogen and oxygen atoms in total. The quantitative estimate of drug-likeness (QED) is 0.175. The maximum Gasteiger partial charge on any atom is 0.387 e. The van der Waals surface area contributed by atoms with Gasteiger partial charge in [-0.3, -0.25) is 4.79 Å². The van der Waals surface area contributed by atoms with Gasteiger partial charge >= 0.3 is 6.61 Å². The highest BCUT2D eigenvalue weighted by Gasteiger charge is 2.54. The monoisotopic (exact) mass is 629 g/mol. The first-order valence-corrected chi connectivity index (χ1v) is 15.3. The van der Waals surface area contributed by atoms with E-state index in [1.165, 1.54) is 28.4 Å². The molecule has 1 amide bonds. The minimum atomic E-state index is -3.82. The van der Waals surface area contributed by atoms with Crippen molar-refractivity contribution in [3.63, 3.8) is 0 Å². The zero-order chi connectivity index (χ0) is 30.9. The second-order valence-corrected chi connectivity index (χ2v) is 13.2. The Hall–Kier alpha value is -3.96.